The molecule has 1 saturated heterocycles. The number of hydrogen-bond acceptors (Lipinski definition) is 5. The molecular weight excluding hydrogens is 428 g/mol. The Labute approximate surface area is 190 Å². The number of aromatic nitrogens is 1. The number of rotatable bonds is 5. The lowest BCUT2D eigenvalue weighted by Crippen LogP contribution is -2.35. The minimum Gasteiger partial charge on any atom is -0.379 e. The molecule has 32 heavy (non-hydrogen) atoms. The lowest BCUT2D eigenvalue weighted by atomic mass is 10.0. The second-order valence-corrected chi connectivity index (χ2v) is 8.85. The van der Waals surface area contributed by atoms with Crippen LogP contribution in [0.4, 0.5) is 0 Å². The molecule has 2 aliphatic rings. The van der Waals surface area contributed by atoms with Crippen molar-refractivity contribution in [1.29, 1.82) is 0 Å². The minimum absolute atomic E-state index is 0.134. The van der Waals surface area contributed by atoms with Crippen molar-refractivity contribution in [3.8, 4) is 0 Å². The Bertz CT molecular complexity index is 1230. The molecule has 2 aromatic carbocycles. The first-order valence-electron chi connectivity index (χ1n) is 10.8. The Hall–Kier alpha value is -2.71. The smallest absolute Gasteiger partial charge is 0.257 e. The fourth-order valence-corrected chi connectivity index (χ4v) is 4.65. The average molecular weight is 453 g/mol. The van der Waals surface area contributed by atoms with Gasteiger partial charge in [-0.15, -0.1) is 0 Å². The van der Waals surface area contributed by atoms with Crippen LogP contribution in [0.25, 0.3) is 10.9 Å². The number of carbonyl (C=O) groups excluding carboxylic acids is 1. The molecule has 8 heteroatoms. The van der Waals surface area contributed by atoms with Crippen LogP contribution < -0.4 is 16.5 Å². The maximum absolute atomic E-state index is 13.3. The van der Waals surface area contributed by atoms with Gasteiger partial charge < -0.3 is 20.4 Å². The zero-order chi connectivity index (χ0) is 22.2. The second kappa shape index (κ2) is 8.67. The highest BCUT2D eigenvalue weighted by Gasteiger charge is 2.26. The Kier molecular flexibility index (Phi) is 5.73. The number of pyridine rings is 1. The van der Waals surface area contributed by atoms with E-state index in [0.29, 0.717) is 36.7 Å². The zero-order valence-corrected chi connectivity index (χ0v) is 18.4. The van der Waals surface area contributed by atoms with Crippen LogP contribution in [0.3, 0.4) is 0 Å². The second-order valence-electron chi connectivity index (χ2n) is 8.41. The molecule has 3 aromatic rings. The molecule has 1 amide bonds. The number of morpholine rings is 1. The molecule has 1 aromatic heterocycles. The first-order chi connectivity index (χ1) is 15.5. The van der Waals surface area contributed by atoms with Crippen LogP contribution in [0.1, 0.15) is 33.1 Å². The first-order valence-corrected chi connectivity index (χ1v) is 11.2. The van der Waals surface area contributed by atoms with E-state index < -0.39 is 5.91 Å². The summed E-state index contributed by atoms with van der Waals surface area (Å²) in [6.45, 7) is 4.73. The molecule has 1 atom stereocenters. The van der Waals surface area contributed by atoms with Gasteiger partial charge in [0.05, 0.1) is 18.7 Å². The van der Waals surface area contributed by atoms with E-state index in [0.717, 1.165) is 41.8 Å². The number of nitrogens with two attached hydrogens (primary N) is 1. The fraction of sp³-hybridized carbons (Fsp3) is 0.333. The number of nitrogens with zero attached hydrogens (tertiary/aromatic N) is 2. The first kappa shape index (κ1) is 21.2. The molecule has 3 heterocycles. The highest BCUT2D eigenvalue weighted by Crippen LogP contribution is 2.31. The average Bonchev–Trinajstić information content (AvgIpc) is 3.12. The van der Waals surface area contributed by atoms with Crippen molar-refractivity contribution in [2.45, 2.75) is 25.7 Å². The number of carbonyl (C=O) groups is 1. The van der Waals surface area contributed by atoms with E-state index in [9.17, 15) is 9.59 Å². The van der Waals surface area contributed by atoms with Crippen molar-refractivity contribution >= 4 is 28.4 Å². The molecule has 166 valence electrons. The lowest BCUT2D eigenvalue weighted by Gasteiger charge is -2.26. The van der Waals surface area contributed by atoms with Crippen LogP contribution in [0.15, 0.2) is 47.4 Å². The quantitative estimate of drug-likeness (QED) is 0.620. The summed E-state index contributed by atoms with van der Waals surface area (Å²) in [5.74, 6) is -0.392. The summed E-state index contributed by atoms with van der Waals surface area (Å²) in [5, 5.41) is 4.04. The van der Waals surface area contributed by atoms with Crippen LogP contribution >= 0.6 is 11.6 Å². The summed E-state index contributed by atoms with van der Waals surface area (Å²) >= 11 is 5.92. The van der Waals surface area contributed by atoms with Crippen LogP contribution in [-0.4, -0.2) is 41.7 Å². The molecule has 2 aliphatic heterocycles. The van der Waals surface area contributed by atoms with Gasteiger partial charge in [0.15, 0.2) is 0 Å². The molecule has 0 aliphatic carbocycles. The highest BCUT2D eigenvalue weighted by molar-refractivity contribution is 6.30. The van der Waals surface area contributed by atoms with Crippen LogP contribution in [0.5, 0.6) is 0 Å². The van der Waals surface area contributed by atoms with Crippen molar-refractivity contribution < 1.29 is 9.53 Å². The van der Waals surface area contributed by atoms with Gasteiger partial charge in [0.2, 0.25) is 5.43 Å². The minimum atomic E-state index is -0.392. The summed E-state index contributed by atoms with van der Waals surface area (Å²) in [7, 11) is 0. The van der Waals surface area contributed by atoms with Gasteiger partial charge in [-0.3, -0.25) is 14.5 Å². The van der Waals surface area contributed by atoms with E-state index in [4.69, 9.17) is 22.1 Å². The molecule has 1 unspecified atom stereocenters. The van der Waals surface area contributed by atoms with Gasteiger partial charge in [-0.25, -0.2) is 0 Å². The Morgan fingerprint density at radius 2 is 1.91 bits per heavy atom. The summed E-state index contributed by atoms with van der Waals surface area (Å²) in [5.41, 5.74) is 10.0. The topological polar surface area (TPSA) is 89.6 Å². The Morgan fingerprint density at radius 1 is 1.16 bits per heavy atom. The van der Waals surface area contributed by atoms with Crippen LogP contribution in [-0.2, 0) is 24.4 Å². The molecule has 5 rings (SSSR count). The number of nitrogens with one attached hydrogen (secondary N) is 1. The predicted molar refractivity (Wildman–Crippen MR) is 124 cm³/mol. The van der Waals surface area contributed by atoms with Gasteiger partial charge in [-0.1, -0.05) is 29.8 Å². The summed E-state index contributed by atoms with van der Waals surface area (Å²) in [6, 6.07) is 11.1. The van der Waals surface area contributed by atoms with Gasteiger partial charge in [-0.05, 0) is 34.9 Å². The molecule has 0 spiro atoms. The van der Waals surface area contributed by atoms with Gasteiger partial charge >= 0.3 is 0 Å². The van der Waals surface area contributed by atoms with Crippen molar-refractivity contribution in [3.05, 3.63) is 80.1 Å². The van der Waals surface area contributed by atoms with E-state index in [1.54, 1.807) is 18.3 Å². The largest absolute Gasteiger partial charge is 0.379 e. The number of ether oxygens (including phenoxy) is 1. The summed E-state index contributed by atoms with van der Waals surface area (Å²) < 4.78 is 7.37. The maximum atomic E-state index is 13.3. The number of hydrogen-bond donors (Lipinski definition) is 2. The standard InChI is InChI=1S/C24H25ClN4O3/c25-17-3-1-15(2-4-17)11-27-24(31)20-13-29-14-21(26)18-9-16(10-19(22(18)29)23(20)30)12-28-5-7-32-8-6-28/h1-4,9-10,13,21H,5-8,11-12,14,26H2,(H,27,31). The van der Waals surface area contributed by atoms with E-state index >= 15 is 0 Å². The van der Waals surface area contributed by atoms with Crippen LogP contribution in [0, 0.1) is 0 Å². The third kappa shape index (κ3) is 4.04. The van der Waals surface area contributed by atoms with Crippen molar-refractivity contribution in [2.75, 3.05) is 26.3 Å². The molecule has 0 radical (unpaired) electrons. The Balaban J connectivity index is 1.47. The predicted octanol–water partition coefficient (Wildman–Crippen LogP) is 2.43. The van der Waals surface area contributed by atoms with Crippen molar-refractivity contribution in [3.63, 3.8) is 0 Å². The maximum Gasteiger partial charge on any atom is 0.257 e. The summed E-state index contributed by atoms with van der Waals surface area (Å²) in [4.78, 5) is 28.6. The van der Waals surface area contributed by atoms with E-state index in [1.165, 1.54) is 0 Å². The van der Waals surface area contributed by atoms with E-state index in [-0.39, 0.29) is 17.0 Å². The summed E-state index contributed by atoms with van der Waals surface area (Å²) in [6.07, 6.45) is 1.64. The molecule has 0 saturated carbocycles. The van der Waals surface area contributed by atoms with Crippen molar-refractivity contribution in [2.24, 2.45) is 5.73 Å². The third-order valence-electron chi connectivity index (χ3n) is 6.17. The normalized spacial score (nSPS) is 18.2. The molecular formula is C24H25ClN4O3. The van der Waals surface area contributed by atoms with Gasteiger partial charge in [0.1, 0.15) is 5.56 Å². The van der Waals surface area contributed by atoms with Crippen molar-refractivity contribution in [1.82, 2.24) is 14.8 Å². The lowest BCUT2D eigenvalue weighted by molar-refractivity contribution is 0.0342. The van der Waals surface area contributed by atoms with Gasteiger partial charge in [0, 0.05) is 55.4 Å². The molecule has 1 fully saturated rings. The number of halogens is 1. The fourth-order valence-electron chi connectivity index (χ4n) is 4.52. The Morgan fingerprint density at radius 3 is 2.66 bits per heavy atom. The SMILES string of the molecule is NC1Cn2cc(C(=O)NCc3ccc(Cl)cc3)c(=O)c3cc(CN4CCOCC4)cc1c32. The monoisotopic (exact) mass is 452 g/mol. The van der Waals surface area contributed by atoms with Crippen LogP contribution in [0.2, 0.25) is 5.02 Å². The zero-order valence-electron chi connectivity index (χ0n) is 17.6. The van der Waals surface area contributed by atoms with E-state index in [2.05, 4.69) is 16.3 Å². The van der Waals surface area contributed by atoms with Gasteiger partial charge in [0.25, 0.3) is 5.91 Å². The van der Waals surface area contributed by atoms with Gasteiger partial charge in [-0.2, -0.15) is 0 Å². The highest BCUT2D eigenvalue weighted by atomic mass is 35.5. The van der Waals surface area contributed by atoms with E-state index in [1.807, 2.05) is 22.8 Å². The number of amides is 1. The third-order valence-corrected chi connectivity index (χ3v) is 6.43. The molecule has 0 bridgehead atoms. The molecule has 3 N–H and O–H groups in total. The number of benzene rings is 2. The molecule has 7 nitrogen and oxygen atoms in total.